The minimum Gasteiger partial charge on any atom is -0.392 e. The van der Waals surface area contributed by atoms with Gasteiger partial charge in [0.05, 0.1) is 12.3 Å². The number of aliphatic hydroxyl groups excluding tert-OH is 1. The lowest BCUT2D eigenvalue weighted by Gasteiger charge is -1.99. The van der Waals surface area contributed by atoms with Gasteiger partial charge in [0.15, 0.2) is 6.10 Å². The first kappa shape index (κ1) is 5.56. The molecule has 1 rings (SSSR count). The molecule has 1 heterocycles. The Morgan fingerprint density at radius 1 is 2.00 bits per heavy atom. The van der Waals surface area contributed by atoms with Crippen molar-refractivity contribution in [2.24, 2.45) is 5.16 Å². The van der Waals surface area contributed by atoms with Crippen LogP contribution >= 0.6 is 0 Å². The van der Waals surface area contributed by atoms with Gasteiger partial charge in [-0.1, -0.05) is 5.16 Å². The molecule has 0 saturated carbocycles. The van der Waals surface area contributed by atoms with E-state index in [-0.39, 0.29) is 12.7 Å². The van der Waals surface area contributed by atoms with Gasteiger partial charge in [-0.25, -0.2) is 0 Å². The Morgan fingerprint density at radius 3 is 3.00 bits per heavy atom. The minimum absolute atomic E-state index is 0.0703. The lowest BCUT2D eigenvalue weighted by atomic mass is 10.2. The van der Waals surface area contributed by atoms with Crippen LogP contribution in [0.1, 0.15) is 13.3 Å². The third kappa shape index (κ3) is 0.980. The zero-order valence-electron chi connectivity index (χ0n) is 4.79. The van der Waals surface area contributed by atoms with Crippen LogP contribution in [0.3, 0.4) is 0 Å². The summed E-state index contributed by atoms with van der Waals surface area (Å²) in [6, 6.07) is 0. The number of hydrogen-bond donors (Lipinski definition) is 1. The average Bonchev–Trinajstić information content (AvgIpc) is 2.14. The van der Waals surface area contributed by atoms with Gasteiger partial charge in [-0.05, 0) is 6.92 Å². The maximum Gasteiger partial charge on any atom is 0.155 e. The zero-order valence-corrected chi connectivity index (χ0v) is 4.79. The molecule has 1 aliphatic rings. The maximum absolute atomic E-state index is 8.49. The lowest BCUT2D eigenvalue weighted by molar-refractivity contribution is 0.0390. The van der Waals surface area contributed by atoms with E-state index in [1.165, 1.54) is 0 Å². The SMILES string of the molecule is CC1=NO[C@@H](CO)C1. The Bertz CT molecular complexity index is 111. The number of oxime groups is 1. The van der Waals surface area contributed by atoms with Gasteiger partial charge < -0.3 is 9.94 Å². The molecular weight excluding hydrogens is 106 g/mol. The van der Waals surface area contributed by atoms with Crippen molar-refractivity contribution >= 4 is 5.71 Å². The normalized spacial score (nSPS) is 27.2. The molecule has 0 aromatic rings. The smallest absolute Gasteiger partial charge is 0.155 e. The fraction of sp³-hybridized carbons (Fsp3) is 0.800. The second-order valence-electron chi connectivity index (χ2n) is 1.94. The van der Waals surface area contributed by atoms with E-state index in [0.717, 1.165) is 12.1 Å². The first-order valence-corrected chi connectivity index (χ1v) is 2.63. The third-order valence-corrected chi connectivity index (χ3v) is 1.08. The van der Waals surface area contributed by atoms with E-state index in [9.17, 15) is 0 Å². The molecular formula is C5H9NO2. The number of aliphatic hydroxyl groups is 1. The van der Waals surface area contributed by atoms with Crippen LogP contribution in [-0.2, 0) is 4.84 Å². The highest BCUT2D eigenvalue weighted by Crippen LogP contribution is 2.07. The summed E-state index contributed by atoms with van der Waals surface area (Å²) in [5.74, 6) is 0. The molecule has 0 aromatic carbocycles. The van der Waals surface area contributed by atoms with Crippen LogP contribution in [0, 0.1) is 0 Å². The molecule has 0 spiro atoms. The highest BCUT2D eigenvalue weighted by molar-refractivity contribution is 5.82. The Balaban J connectivity index is 2.32. The van der Waals surface area contributed by atoms with Gasteiger partial charge in [-0.2, -0.15) is 0 Å². The molecule has 0 fully saturated rings. The van der Waals surface area contributed by atoms with Crippen molar-refractivity contribution in [3.8, 4) is 0 Å². The fourth-order valence-electron chi connectivity index (χ4n) is 0.666. The predicted octanol–water partition coefficient (Wildman–Crippen LogP) is 0.144. The number of rotatable bonds is 1. The van der Waals surface area contributed by atoms with E-state index in [1.54, 1.807) is 0 Å². The molecule has 0 amide bonds. The second-order valence-corrected chi connectivity index (χ2v) is 1.94. The van der Waals surface area contributed by atoms with Crippen molar-refractivity contribution in [1.29, 1.82) is 0 Å². The minimum atomic E-state index is -0.0741. The Kier molecular flexibility index (Phi) is 1.48. The van der Waals surface area contributed by atoms with Crippen molar-refractivity contribution in [1.82, 2.24) is 0 Å². The summed E-state index contributed by atoms with van der Waals surface area (Å²) in [5, 5.41) is 12.1. The van der Waals surface area contributed by atoms with Crippen molar-refractivity contribution in [2.75, 3.05) is 6.61 Å². The summed E-state index contributed by atoms with van der Waals surface area (Å²) in [7, 11) is 0. The van der Waals surface area contributed by atoms with Crippen molar-refractivity contribution < 1.29 is 9.94 Å². The molecule has 0 aromatic heterocycles. The average molecular weight is 115 g/mol. The first-order chi connectivity index (χ1) is 3.83. The number of hydrogen-bond acceptors (Lipinski definition) is 3. The maximum atomic E-state index is 8.49. The van der Waals surface area contributed by atoms with E-state index < -0.39 is 0 Å². The molecule has 0 unspecified atom stereocenters. The molecule has 1 aliphatic heterocycles. The molecule has 0 radical (unpaired) electrons. The van der Waals surface area contributed by atoms with Gasteiger partial charge in [0.2, 0.25) is 0 Å². The molecule has 0 saturated heterocycles. The highest BCUT2D eigenvalue weighted by atomic mass is 16.6. The standard InChI is InChI=1S/C5H9NO2/c1-4-2-5(3-7)8-6-4/h5,7H,2-3H2,1H3/t5-/m1/s1. The van der Waals surface area contributed by atoms with E-state index in [0.29, 0.717) is 0 Å². The van der Waals surface area contributed by atoms with Crippen LogP contribution in [0.4, 0.5) is 0 Å². The summed E-state index contributed by atoms with van der Waals surface area (Å²) < 4.78 is 0. The highest BCUT2D eigenvalue weighted by Gasteiger charge is 2.15. The van der Waals surface area contributed by atoms with Crippen LogP contribution in [0.5, 0.6) is 0 Å². The second kappa shape index (κ2) is 2.13. The molecule has 3 nitrogen and oxygen atoms in total. The van der Waals surface area contributed by atoms with E-state index >= 15 is 0 Å². The van der Waals surface area contributed by atoms with Crippen molar-refractivity contribution in [3.63, 3.8) is 0 Å². The summed E-state index contributed by atoms with van der Waals surface area (Å²) >= 11 is 0. The van der Waals surface area contributed by atoms with Gasteiger partial charge in [0, 0.05) is 6.42 Å². The molecule has 3 heteroatoms. The molecule has 0 aliphatic carbocycles. The largest absolute Gasteiger partial charge is 0.392 e. The van der Waals surface area contributed by atoms with Crippen LogP contribution in [0.2, 0.25) is 0 Å². The van der Waals surface area contributed by atoms with Gasteiger partial charge >= 0.3 is 0 Å². The molecule has 1 N–H and O–H groups in total. The summed E-state index contributed by atoms with van der Waals surface area (Å²) in [6.45, 7) is 1.95. The molecule has 0 bridgehead atoms. The monoisotopic (exact) mass is 115 g/mol. The quantitative estimate of drug-likeness (QED) is 0.528. The summed E-state index contributed by atoms with van der Waals surface area (Å²) in [5.41, 5.74) is 0.962. The van der Waals surface area contributed by atoms with Crippen LogP contribution < -0.4 is 0 Å². The lowest BCUT2D eigenvalue weighted by Crippen LogP contribution is -2.11. The van der Waals surface area contributed by atoms with Gasteiger partial charge in [-0.3, -0.25) is 0 Å². The first-order valence-electron chi connectivity index (χ1n) is 2.63. The fourth-order valence-corrected chi connectivity index (χ4v) is 0.666. The van der Waals surface area contributed by atoms with Crippen molar-refractivity contribution in [2.45, 2.75) is 19.4 Å². The number of nitrogens with zero attached hydrogens (tertiary/aromatic N) is 1. The van der Waals surface area contributed by atoms with E-state index in [1.807, 2.05) is 6.92 Å². The Morgan fingerprint density at radius 2 is 2.75 bits per heavy atom. The topological polar surface area (TPSA) is 41.8 Å². The third-order valence-electron chi connectivity index (χ3n) is 1.08. The Hall–Kier alpha value is -0.570. The molecule has 46 valence electrons. The molecule has 1 atom stereocenters. The van der Waals surface area contributed by atoms with Crippen LogP contribution in [0.25, 0.3) is 0 Å². The van der Waals surface area contributed by atoms with E-state index in [4.69, 9.17) is 9.94 Å². The van der Waals surface area contributed by atoms with Gasteiger partial charge in [0.25, 0.3) is 0 Å². The van der Waals surface area contributed by atoms with E-state index in [2.05, 4.69) is 5.16 Å². The summed E-state index contributed by atoms with van der Waals surface area (Å²) in [6.07, 6.45) is 0.700. The predicted molar refractivity (Wildman–Crippen MR) is 29.7 cm³/mol. The van der Waals surface area contributed by atoms with Gasteiger partial charge in [0.1, 0.15) is 0 Å². The van der Waals surface area contributed by atoms with Crippen molar-refractivity contribution in [3.05, 3.63) is 0 Å². The van der Waals surface area contributed by atoms with Crippen LogP contribution in [-0.4, -0.2) is 23.5 Å². The van der Waals surface area contributed by atoms with Gasteiger partial charge in [-0.15, -0.1) is 0 Å². The summed E-state index contributed by atoms with van der Waals surface area (Å²) in [4.78, 5) is 4.75. The Labute approximate surface area is 48.0 Å². The van der Waals surface area contributed by atoms with Crippen LogP contribution in [0.15, 0.2) is 5.16 Å². The zero-order chi connectivity index (χ0) is 5.98. The molecule has 8 heavy (non-hydrogen) atoms.